The van der Waals surface area contributed by atoms with Crippen LogP contribution in [0.15, 0.2) is 0 Å². The van der Waals surface area contributed by atoms with Crippen molar-refractivity contribution in [3.05, 3.63) is 11.3 Å². The lowest BCUT2D eigenvalue weighted by atomic mass is 10.2. The molecule has 1 fully saturated rings. The second-order valence-corrected chi connectivity index (χ2v) is 4.79. The Morgan fingerprint density at radius 1 is 1.61 bits per heavy atom. The predicted octanol–water partition coefficient (Wildman–Crippen LogP) is 0.892. The number of hydrogen-bond acceptors (Lipinski definition) is 5. The summed E-state index contributed by atoms with van der Waals surface area (Å²) >= 11 is 0. The Morgan fingerprint density at radius 3 is 2.89 bits per heavy atom. The van der Waals surface area contributed by atoms with E-state index >= 15 is 0 Å². The SMILES string of the molecule is Cc1nn(C)c(NN)c1CN(CCC#N)C1CC1. The summed E-state index contributed by atoms with van der Waals surface area (Å²) in [4.78, 5) is 2.36. The van der Waals surface area contributed by atoms with Gasteiger partial charge in [-0.15, -0.1) is 0 Å². The van der Waals surface area contributed by atoms with Gasteiger partial charge in [0, 0.05) is 38.2 Å². The molecule has 0 radical (unpaired) electrons. The van der Waals surface area contributed by atoms with Crippen molar-refractivity contribution in [3.8, 4) is 6.07 Å². The zero-order valence-electron chi connectivity index (χ0n) is 11.0. The first-order valence-electron chi connectivity index (χ1n) is 6.27. The second-order valence-electron chi connectivity index (χ2n) is 4.79. The first kappa shape index (κ1) is 12.9. The molecular weight excluding hydrogens is 228 g/mol. The van der Waals surface area contributed by atoms with E-state index in [9.17, 15) is 0 Å². The highest BCUT2D eigenvalue weighted by Gasteiger charge is 2.30. The highest BCUT2D eigenvalue weighted by molar-refractivity contribution is 5.46. The highest BCUT2D eigenvalue weighted by Crippen LogP contribution is 2.30. The maximum Gasteiger partial charge on any atom is 0.142 e. The van der Waals surface area contributed by atoms with Crippen molar-refractivity contribution in [2.24, 2.45) is 12.9 Å². The number of nitrogens with two attached hydrogens (primary N) is 1. The Balaban J connectivity index is 2.13. The molecule has 2 rings (SSSR count). The fraction of sp³-hybridized carbons (Fsp3) is 0.667. The minimum atomic E-state index is 0.571. The summed E-state index contributed by atoms with van der Waals surface area (Å²) in [6.07, 6.45) is 3.04. The molecule has 0 aromatic carbocycles. The van der Waals surface area contributed by atoms with E-state index in [1.807, 2.05) is 14.0 Å². The molecule has 6 heteroatoms. The smallest absolute Gasteiger partial charge is 0.142 e. The molecule has 1 aromatic heterocycles. The standard InChI is InChI=1S/C12H20N6/c1-9-11(12(15-14)17(2)16-9)8-18(7-3-6-13)10-4-5-10/h10,15H,3-5,7-8,14H2,1-2H3. The Morgan fingerprint density at radius 2 is 2.33 bits per heavy atom. The molecule has 3 N–H and O–H groups in total. The van der Waals surface area contributed by atoms with E-state index in [-0.39, 0.29) is 0 Å². The van der Waals surface area contributed by atoms with Gasteiger partial charge in [0.15, 0.2) is 0 Å². The largest absolute Gasteiger partial charge is 0.308 e. The zero-order valence-corrected chi connectivity index (χ0v) is 11.0. The van der Waals surface area contributed by atoms with Crippen LogP contribution < -0.4 is 11.3 Å². The van der Waals surface area contributed by atoms with Gasteiger partial charge in [-0.25, -0.2) is 5.84 Å². The third kappa shape index (κ3) is 2.63. The van der Waals surface area contributed by atoms with E-state index in [4.69, 9.17) is 11.1 Å². The van der Waals surface area contributed by atoms with Gasteiger partial charge in [-0.1, -0.05) is 0 Å². The van der Waals surface area contributed by atoms with Crippen LogP contribution in [0.1, 0.15) is 30.5 Å². The van der Waals surface area contributed by atoms with Gasteiger partial charge >= 0.3 is 0 Å². The maximum atomic E-state index is 8.72. The van der Waals surface area contributed by atoms with Crippen LogP contribution in [0.3, 0.4) is 0 Å². The summed E-state index contributed by atoms with van der Waals surface area (Å²) in [6.45, 7) is 3.62. The van der Waals surface area contributed by atoms with Gasteiger partial charge in [0.2, 0.25) is 0 Å². The van der Waals surface area contributed by atoms with Gasteiger partial charge in [0.05, 0.1) is 11.8 Å². The van der Waals surface area contributed by atoms with Gasteiger partial charge in [0.1, 0.15) is 5.82 Å². The van der Waals surface area contributed by atoms with E-state index in [0.717, 1.165) is 30.2 Å². The lowest BCUT2D eigenvalue weighted by Gasteiger charge is -2.21. The Bertz CT molecular complexity index is 454. The van der Waals surface area contributed by atoms with Crippen LogP contribution in [0.5, 0.6) is 0 Å². The summed E-state index contributed by atoms with van der Waals surface area (Å²) < 4.78 is 1.76. The number of nitrogen functional groups attached to an aromatic ring is 1. The van der Waals surface area contributed by atoms with Crippen molar-refractivity contribution in [2.45, 2.75) is 38.8 Å². The number of nitrogens with one attached hydrogen (secondary N) is 1. The average Bonchev–Trinajstić information content (AvgIpc) is 3.13. The molecule has 0 spiro atoms. The van der Waals surface area contributed by atoms with E-state index < -0.39 is 0 Å². The van der Waals surface area contributed by atoms with Crippen LogP contribution in [-0.2, 0) is 13.6 Å². The third-order valence-corrected chi connectivity index (χ3v) is 3.42. The number of anilines is 1. The molecule has 6 nitrogen and oxygen atoms in total. The molecule has 0 saturated heterocycles. The number of hydrogen-bond donors (Lipinski definition) is 2. The van der Waals surface area contributed by atoms with Crippen LogP contribution in [0.25, 0.3) is 0 Å². The normalized spacial score (nSPS) is 14.8. The average molecular weight is 248 g/mol. The number of aryl methyl sites for hydroxylation is 2. The number of nitriles is 1. The first-order chi connectivity index (χ1) is 8.67. The number of aromatic nitrogens is 2. The van der Waals surface area contributed by atoms with Gasteiger partial charge in [-0.2, -0.15) is 10.4 Å². The van der Waals surface area contributed by atoms with Gasteiger partial charge in [-0.05, 0) is 19.8 Å². The van der Waals surface area contributed by atoms with Crippen LogP contribution in [0.4, 0.5) is 5.82 Å². The van der Waals surface area contributed by atoms with Crippen LogP contribution in [0.2, 0.25) is 0 Å². The summed E-state index contributed by atoms with van der Waals surface area (Å²) in [5.74, 6) is 6.41. The van der Waals surface area contributed by atoms with E-state index in [2.05, 4.69) is 21.5 Å². The van der Waals surface area contributed by atoms with Crippen molar-refractivity contribution in [3.63, 3.8) is 0 Å². The Hall–Kier alpha value is -1.58. The molecule has 1 saturated carbocycles. The van der Waals surface area contributed by atoms with Crippen molar-refractivity contribution in [2.75, 3.05) is 12.0 Å². The van der Waals surface area contributed by atoms with E-state index in [0.29, 0.717) is 12.5 Å². The van der Waals surface area contributed by atoms with Gasteiger partial charge in [-0.3, -0.25) is 9.58 Å². The number of nitrogens with zero attached hydrogens (tertiary/aromatic N) is 4. The quantitative estimate of drug-likeness (QED) is 0.577. The Labute approximate surface area is 107 Å². The monoisotopic (exact) mass is 248 g/mol. The fourth-order valence-electron chi connectivity index (χ4n) is 2.30. The predicted molar refractivity (Wildman–Crippen MR) is 69.4 cm³/mol. The minimum Gasteiger partial charge on any atom is -0.308 e. The minimum absolute atomic E-state index is 0.571. The van der Waals surface area contributed by atoms with Gasteiger partial charge < -0.3 is 5.43 Å². The molecular formula is C12H20N6. The summed E-state index contributed by atoms with van der Waals surface area (Å²) in [5, 5.41) is 13.1. The van der Waals surface area contributed by atoms with Crippen molar-refractivity contribution >= 4 is 5.82 Å². The molecule has 98 valence electrons. The molecule has 0 amide bonds. The molecule has 1 heterocycles. The second kappa shape index (κ2) is 5.38. The summed E-state index contributed by atoms with van der Waals surface area (Å²) in [5.41, 5.74) is 4.84. The van der Waals surface area contributed by atoms with Crippen molar-refractivity contribution < 1.29 is 0 Å². The molecule has 0 bridgehead atoms. The van der Waals surface area contributed by atoms with Gasteiger partial charge in [0.25, 0.3) is 0 Å². The van der Waals surface area contributed by atoms with Crippen LogP contribution in [0, 0.1) is 18.3 Å². The third-order valence-electron chi connectivity index (χ3n) is 3.42. The molecule has 1 aliphatic rings. The van der Waals surface area contributed by atoms with E-state index in [1.165, 1.54) is 12.8 Å². The zero-order chi connectivity index (χ0) is 13.1. The molecule has 18 heavy (non-hydrogen) atoms. The maximum absolute atomic E-state index is 8.72. The molecule has 1 aliphatic carbocycles. The van der Waals surface area contributed by atoms with Crippen LogP contribution >= 0.6 is 0 Å². The Kier molecular flexibility index (Phi) is 3.84. The molecule has 0 unspecified atom stereocenters. The number of rotatable bonds is 6. The first-order valence-corrected chi connectivity index (χ1v) is 6.27. The highest BCUT2D eigenvalue weighted by atomic mass is 15.4. The lowest BCUT2D eigenvalue weighted by Crippen LogP contribution is -2.27. The topological polar surface area (TPSA) is 82.9 Å². The fourth-order valence-corrected chi connectivity index (χ4v) is 2.30. The molecule has 0 aliphatic heterocycles. The lowest BCUT2D eigenvalue weighted by molar-refractivity contribution is 0.261. The van der Waals surface area contributed by atoms with E-state index in [1.54, 1.807) is 4.68 Å². The summed E-state index contributed by atoms with van der Waals surface area (Å²) in [7, 11) is 1.88. The molecule has 0 atom stereocenters. The van der Waals surface area contributed by atoms with Crippen molar-refractivity contribution in [1.82, 2.24) is 14.7 Å². The van der Waals surface area contributed by atoms with Crippen molar-refractivity contribution in [1.29, 1.82) is 5.26 Å². The summed E-state index contributed by atoms with van der Waals surface area (Å²) in [6, 6.07) is 2.84. The molecule has 1 aromatic rings. The van der Waals surface area contributed by atoms with Crippen LogP contribution in [-0.4, -0.2) is 27.3 Å². The number of hydrazine groups is 1.